The number of amides is 1. The molecular weight excluding hydrogens is 294 g/mol. The molecule has 0 fully saturated rings. The number of nitrogens with zero attached hydrogens (tertiary/aromatic N) is 1. The second-order valence-corrected chi connectivity index (χ2v) is 5.04. The van der Waals surface area contributed by atoms with Gasteiger partial charge in [-0.1, -0.05) is 12.1 Å². The Kier molecular flexibility index (Phi) is 3.97. The highest BCUT2D eigenvalue weighted by molar-refractivity contribution is 5.92. The lowest BCUT2D eigenvalue weighted by Crippen LogP contribution is -2.23. The summed E-state index contributed by atoms with van der Waals surface area (Å²) in [4.78, 5) is 19.2. The number of phenolic OH excluding ortho intramolecular Hbond substituents is 2. The molecule has 3 aromatic rings. The van der Waals surface area contributed by atoms with Gasteiger partial charge >= 0.3 is 0 Å². The van der Waals surface area contributed by atoms with Crippen molar-refractivity contribution >= 4 is 5.91 Å². The number of phenols is 2. The highest BCUT2D eigenvalue weighted by Crippen LogP contribution is 2.19. The van der Waals surface area contributed by atoms with Crippen LogP contribution in [0.25, 0.3) is 11.4 Å². The van der Waals surface area contributed by atoms with E-state index in [1.54, 1.807) is 42.5 Å². The van der Waals surface area contributed by atoms with Crippen LogP contribution in [0, 0.1) is 0 Å². The molecule has 0 bridgehead atoms. The molecule has 6 heteroatoms. The second kappa shape index (κ2) is 6.23. The minimum atomic E-state index is -0.286. The number of aromatic nitrogens is 2. The third-order valence-electron chi connectivity index (χ3n) is 3.32. The molecule has 0 radical (unpaired) electrons. The van der Waals surface area contributed by atoms with Gasteiger partial charge in [-0.15, -0.1) is 0 Å². The molecule has 2 aromatic carbocycles. The standard InChI is InChI=1S/C17H15N3O3/c21-13-6-4-12(5-7-13)16-18-10-15(20-16)17(23)19-9-11-2-1-3-14(22)8-11/h1-8,10,21-22H,9H2,(H,18,20)(H,19,23). The minimum absolute atomic E-state index is 0.160. The van der Waals surface area contributed by atoms with Gasteiger partial charge in [-0.2, -0.15) is 0 Å². The zero-order valence-electron chi connectivity index (χ0n) is 12.2. The normalized spacial score (nSPS) is 10.4. The number of benzene rings is 2. The average molecular weight is 309 g/mol. The summed E-state index contributed by atoms with van der Waals surface area (Å²) in [5.74, 6) is 0.593. The van der Waals surface area contributed by atoms with Crippen LogP contribution in [0.5, 0.6) is 11.5 Å². The van der Waals surface area contributed by atoms with Gasteiger partial charge < -0.3 is 20.5 Å². The number of imidazole rings is 1. The fourth-order valence-electron chi connectivity index (χ4n) is 2.15. The van der Waals surface area contributed by atoms with E-state index >= 15 is 0 Å². The number of H-pyrrole nitrogens is 1. The van der Waals surface area contributed by atoms with E-state index in [-0.39, 0.29) is 17.4 Å². The Balaban J connectivity index is 1.67. The lowest BCUT2D eigenvalue weighted by atomic mass is 10.2. The van der Waals surface area contributed by atoms with E-state index in [1.807, 2.05) is 6.07 Å². The third kappa shape index (κ3) is 3.49. The first-order valence-corrected chi connectivity index (χ1v) is 7.02. The molecule has 3 rings (SSSR count). The summed E-state index contributed by atoms with van der Waals surface area (Å²) in [5, 5.41) is 21.4. The zero-order chi connectivity index (χ0) is 16.2. The molecule has 1 amide bonds. The Bertz CT molecular complexity index is 825. The number of hydrogen-bond donors (Lipinski definition) is 4. The number of hydrogen-bond acceptors (Lipinski definition) is 4. The zero-order valence-corrected chi connectivity index (χ0v) is 12.2. The van der Waals surface area contributed by atoms with E-state index in [0.29, 0.717) is 18.1 Å². The van der Waals surface area contributed by atoms with E-state index in [2.05, 4.69) is 15.3 Å². The lowest BCUT2D eigenvalue weighted by Gasteiger charge is -2.04. The van der Waals surface area contributed by atoms with Gasteiger partial charge in [-0.05, 0) is 42.0 Å². The summed E-state index contributed by atoms with van der Waals surface area (Å²) in [6.45, 7) is 0.306. The molecule has 1 heterocycles. The third-order valence-corrected chi connectivity index (χ3v) is 3.32. The highest BCUT2D eigenvalue weighted by atomic mass is 16.3. The number of carbonyl (C=O) groups excluding carboxylic acids is 1. The Morgan fingerprint density at radius 1 is 1.09 bits per heavy atom. The molecule has 0 aliphatic rings. The quantitative estimate of drug-likeness (QED) is 0.595. The predicted octanol–water partition coefficient (Wildman–Crippen LogP) is 2.42. The van der Waals surface area contributed by atoms with Crippen molar-refractivity contribution in [3.05, 3.63) is 66.0 Å². The van der Waals surface area contributed by atoms with Crippen LogP contribution in [-0.2, 0) is 6.54 Å². The summed E-state index contributed by atoms with van der Waals surface area (Å²) in [6.07, 6.45) is 1.46. The van der Waals surface area contributed by atoms with Crippen molar-refractivity contribution in [3.63, 3.8) is 0 Å². The first-order chi connectivity index (χ1) is 11.1. The topological polar surface area (TPSA) is 98.2 Å². The van der Waals surface area contributed by atoms with Crippen LogP contribution in [0.2, 0.25) is 0 Å². The molecule has 116 valence electrons. The van der Waals surface area contributed by atoms with Gasteiger partial charge in [-0.25, -0.2) is 4.98 Å². The summed E-state index contributed by atoms with van der Waals surface area (Å²) >= 11 is 0. The summed E-state index contributed by atoms with van der Waals surface area (Å²) in [6, 6.07) is 13.2. The van der Waals surface area contributed by atoms with Crippen molar-refractivity contribution in [2.45, 2.75) is 6.54 Å². The Hall–Kier alpha value is -3.28. The first kappa shape index (κ1) is 14.6. The molecule has 0 unspecified atom stereocenters. The van der Waals surface area contributed by atoms with E-state index < -0.39 is 0 Å². The Morgan fingerprint density at radius 3 is 2.61 bits per heavy atom. The van der Waals surface area contributed by atoms with E-state index in [9.17, 15) is 15.0 Å². The van der Waals surface area contributed by atoms with Gasteiger partial charge in [0.2, 0.25) is 0 Å². The fourth-order valence-corrected chi connectivity index (χ4v) is 2.15. The molecule has 0 spiro atoms. The van der Waals surface area contributed by atoms with E-state index in [4.69, 9.17) is 0 Å². The SMILES string of the molecule is O=C(NCc1cccc(O)c1)c1cnc(-c2ccc(O)cc2)[nH]1. The summed E-state index contributed by atoms with van der Waals surface area (Å²) in [7, 11) is 0. The number of nitrogens with one attached hydrogen (secondary N) is 2. The van der Waals surface area contributed by atoms with E-state index in [1.165, 1.54) is 6.20 Å². The molecule has 23 heavy (non-hydrogen) atoms. The maximum absolute atomic E-state index is 12.1. The van der Waals surface area contributed by atoms with Gasteiger partial charge in [0.25, 0.3) is 5.91 Å². The van der Waals surface area contributed by atoms with Crippen LogP contribution < -0.4 is 5.32 Å². The average Bonchev–Trinajstić information content (AvgIpc) is 3.03. The van der Waals surface area contributed by atoms with Gasteiger partial charge in [0.1, 0.15) is 23.0 Å². The van der Waals surface area contributed by atoms with Crippen LogP contribution in [0.1, 0.15) is 16.1 Å². The minimum Gasteiger partial charge on any atom is -0.508 e. The largest absolute Gasteiger partial charge is 0.508 e. The van der Waals surface area contributed by atoms with Gasteiger partial charge in [0, 0.05) is 12.1 Å². The Labute approximate surface area is 132 Å². The molecule has 6 nitrogen and oxygen atoms in total. The smallest absolute Gasteiger partial charge is 0.269 e. The van der Waals surface area contributed by atoms with E-state index in [0.717, 1.165) is 11.1 Å². The second-order valence-electron chi connectivity index (χ2n) is 5.04. The summed E-state index contributed by atoms with van der Waals surface area (Å²) < 4.78 is 0. The maximum Gasteiger partial charge on any atom is 0.269 e. The van der Waals surface area contributed by atoms with Crippen molar-refractivity contribution in [2.24, 2.45) is 0 Å². The fraction of sp³-hybridized carbons (Fsp3) is 0.0588. The van der Waals surface area contributed by atoms with Crippen molar-refractivity contribution < 1.29 is 15.0 Å². The summed E-state index contributed by atoms with van der Waals surface area (Å²) in [5.41, 5.74) is 1.92. The lowest BCUT2D eigenvalue weighted by molar-refractivity contribution is 0.0946. The number of aromatic hydroxyl groups is 2. The molecule has 4 N–H and O–H groups in total. The van der Waals surface area contributed by atoms with Crippen LogP contribution in [0.4, 0.5) is 0 Å². The number of aromatic amines is 1. The van der Waals surface area contributed by atoms with Gasteiger partial charge in [-0.3, -0.25) is 4.79 Å². The molecule has 0 aliphatic carbocycles. The van der Waals surface area contributed by atoms with Crippen LogP contribution in [0.3, 0.4) is 0 Å². The van der Waals surface area contributed by atoms with Crippen molar-refractivity contribution in [1.82, 2.24) is 15.3 Å². The Morgan fingerprint density at radius 2 is 1.87 bits per heavy atom. The molecule has 0 saturated heterocycles. The molecule has 0 atom stereocenters. The molecular formula is C17H15N3O3. The van der Waals surface area contributed by atoms with Crippen molar-refractivity contribution in [3.8, 4) is 22.9 Å². The van der Waals surface area contributed by atoms with Crippen LogP contribution in [-0.4, -0.2) is 26.1 Å². The van der Waals surface area contributed by atoms with Gasteiger partial charge in [0.15, 0.2) is 0 Å². The van der Waals surface area contributed by atoms with Gasteiger partial charge in [0.05, 0.1) is 6.20 Å². The molecule has 0 aliphatic heterocycles. The molecule has 1 aromatic heterocycles. The van der Waals surface area contributed by atoms with Crippen LogP contribution in [0.15, 0.2) is 54.7 Å². The maximum atomic E-state index is 12.1. The van der Waals surface area contributed by atoms with Crippen molar-refractivity contribution in [1.29, 1.82) is 0 Å². The highest BCUT2D eigenvalue weighted by Gasteiger charge is 2.10. The predicted molar refractivity (Wildman–Crippen MR) is 85.0 cm³/mol. The number of carbonyl (C=O) groups is 1. The van der Waals surface area contributed by atoms with Crippen molar-refractivity contribution in [2.75, 3.05) is 0 Å². The first-order valence-electron chi connectivity index (χ1n) is 7.02. The monoisotopic (exact) mass is 309 g/mol. The molecule has 0 saturated carbocycles. The van der Waals surface area contributed by atoms with Crippen LogP contribution >= 0.6 is 0 Å². The number of rotatable bonds is 4.